The van der Waals surface area contributed by atoms with Crippen LogP contribution in [0, 0.1) is 0 Å². The van der Waals surface area contributed by atoms with E-state index in [1.807, 2.05) is 0 Å². The summed E-state index contributed by atoms with van der Waals surface area (Å²) in [5.74, 6) is -5.60. The number of nitrogens with one attached hydrogen (secondary N) is 3. The summed E-state index contributed by atoms with van der Waals surface area (Å²) in [7, 11) is 0. The minimum atomic E-state index is -1.64. The van der Waals surface area contributed by atoms with Gasteiger partial charge in [0.2, 0.25) is 29.5 Å². The first-order valence-electron chi connectivity index (χ1n) is 10.2. The second kappa shape index (κ2) is 15.8. The Kier molecular flexibility index (Phi) is 14.4. The van der Waals surface area contributed by atoms with E-state index in [2.05, 4.69) is 28.6 Å². The SMILES string of the molecule is NCCCCC(NC(=O)C(N)CS)C(=O)NC(CCC(N)=O)C(=O)NC(CC(N)=O)C(=O)O. The molecule has 5 amide bonds. The van der Waals surface area contributed by atoms with Gasteiger partial charge in [-0.25, -0.2) is 4.79 Å². The highest BCUT2D eigenvalue weighted by atomic mass is 32.1. The number of rotatable bonds is 17. The molecule has 14 nitrogen and oxygen atoms in total. The van der Waals surface area contributed by atoms with Crippen LogP contribution in [-0.4, -0.2) is 77.1 Å². The molecule has 0 aliphatic carbocycles. The Morgan fingerprint density at radius 2 is 1.30 bits per heavy atom. The summed E-state index contributed by atoms with van der Waals surface area (Å²) in [5.41, 5.74) is 21.2. The van der Waals surface area contributed by atoms with Gasteiger partial charge < -0.3 is 44.0 Å². The van der Waals surface area contributed by atoms with Gasteiger partial charge in [-0.2, -0.15) is 12.6 Å². The molecular weight excluding hydrogens is 458 g/mol. The number of primary amides is 2. The van der Waals surface area contributed by atoms with Crippen molar-refractivity contribution in [2.75, 3.05) is 12.3 Å². The van der Waals surface area contributed by atoms with Gasteiger partial charge >= 0.3 is 5.97 Å². The fourth-order valence-electron chi connectivity index (χ4n) is 2.62. The van der Waals surface area contributed by atoms with Crippen LogP contribution in [0.2, 0.25) is 0 Å². The molecule has 0 spiro atoms. The molecule has 188 valence electrons. The highest BCUT2D eigenvalue weighted by molar-refractivity contribution is 7.80. The van der Waals surface area contributed by atoms with Crippen LogP contribution in [0.4, 0.5) is 0 Å². The van der Waals surface area contributed by atoms with Crippen molar-refractivity contribution >= 4 is 48.1 Å². The monoisotopic (exact) mass is 491 g/mol. The molecule has 0 aromatic rings. The summed E-state index contributed by atoms with van der Waals surface area (Å²) >= 11 is 3.94. The lowest BCUT2D eigenvalue weighted by atomic mass is 10.0. The smallest absolute Gasteiger partial charge is 0.326 e. The summed E-state index contributed by atoms with van der Waals surface area (Å²) in [6.45, 7) is 0.360. The Hall–Kier alpha value is -2.91. The van der Waals surface area contributed by atoms with Crippen LogP contribution in [0.25, 0.3) is 0 Å². The molecule has 0 saturated carbocycles. The maximum atomic E-state index is 12.8. The van der Waals surface area contributed by atoms with E-state index < -0.39 is 66.1 Å². The van der Waals surface area contributed by atoms with E-state index in [1.54, 1.807) is 0 Å². The van der Waals surface area contributed by atoms with Gasteiger partial charge in [0.05, 0.1) is 12.5 Å². The Balaban J connectivity index is 5.54. The van der Waals surface area contributed by atoms with Crippen LogP contribution in [0.3, 0.4) is 0 Å². The fourth-order valence-corrected chi connectivity index (χ4v) is 2.79. The number of unbranched alkanes of at least 4 members (excludes halogenated alkanes) is 1. The van der Waals surface area contributed by atoms with Crippen molar-refractivity contribution in [2.24, 2.45) is 22.9 Å². The summed E-state index contributed by atoms with van der Waals surface area (Å²) in [6.07, 6.45) is -0.0230. The summed E-state index contributed by atoms with van der Waals surface area (Å²) in [5, 5.41) is 16.1. The molecule has 0 radical (unpaired) electrons. The molecule has 4 atom stereocenters. The van der Waals surface area contributed by atoms with Crippen LogP contribution in [0.1, 0.15) is 38.5 Å². The van der Waals surface area contributed by atoms with E-state index in [1.165, 1.54) is 0 Å². The van der Waals surface area contributed by atoms with Crippen molar-refractivity contribution in [1.29, 1.82) is 0 Å². The highest BCUT2D eigenvalue weighted by Gasteiger charge is 2.30. The maximum absolute atomic E-state index is 12.8. The van der Waals surface area contributed by atoms with E-state index in [-0.39, 0.29) is 25.0 Å². The average Bonchev–Trinajstić information content (AvgIpc) is 2.73. The largest absolute Gasteiger partial charge is 0.480 e. The third-order valence-corrected chi connectivity index (χ3v) is 4.84. The molecule has 0 saturated heterocycles. The van der Waals surface area contributed by atoms with Gasteiger partial charge in [-0.3, -0.25) is 24.0 Å². The first-order valence-corrected chi connectivity index (χ1v) is 10.8. The van der Waals surface area contributed by atoms with Gasteiger partial charge in [-0.15, -0.1) is 0 Å². The number of carboxylic acid groups (broad SMARTS) is 1. The summed E-state index contributed by atoms with van der Waals surface area (Å²) in [4.78, 5) is 71.1. The number of hydrogen-bond donors (Lipinski definition) is 9. The zero-order valence-electron chi connectivity index (χ0n) is 18.1. The third-order valence-electron chi connectivity index (χ3n) is 4.45. The van der Waals surface area contributed by atoms with Gasteiger partial charge in [0.1, 0.15) is 18.1 Å². The minimum absolute atomic E-state index is 0.0308. The van der Waals surface area contributed by atoms with Crippen molar-refractivity contribution < 1.29 is 33.9 Å². The van der Waals surface area contributed by atoms with E-state index in [0.29, 0.717) is 19.4 Å². The van der Waals surface area contributed by atoms with Crippen LogP contribution in [0.5, 0.6) is 0 Å². The molecular formula is C18H33N7O7S. The van der Waals surface area contributed by atoms with Gasteiger partial charge in [0, 0.05) is 12.2 Å². The average molecular weight is 492 g/mol. The van der Waals surface area contributed by atoms with Crippen molar-refractivity contribution in [2.45, 2.75) is 62.7 Å². The zero-order chi connectivity index (χ0) is 25.6. The lowest BCUT2D eigenvalue weighted by Gasteiger charge is -2.25. The molecule has 15 heteroatoms. The number of aliphatic carboxylic acids is 1. The third kappa shape index (κ3) is 12.6. The molecule has 0 aliphatic rings. The molecule has 0 aromatic heterocycles. The number of amides is 5. The van der Waals surface area contributed by atoms with E-state index in [9.17, 15) is 33.9 Å². The Morgan fingerprint density at radius 1 is 0.788 bits per heavy atom. The Bertz CT molecular complexity index is 722. The number of thiol groups is 1. The lowest BCUT2D eigenvalue weighted by Crippen LogP contribution is -2.57. The Labute approximate surface area is 196 Å². The van der Waals surface area contributed by atoms with Crippen molar-refractivity contribution in [3.05, 3.63) is 0 Å². The van der Waals surface area contributed by atoms with Crippen LogP contribution in [-0.2, 0) is 28.8 Å². The van der Waals surface area contributed by atoms with Crippen molar-refractivity contribution in [1.82, 2.24) is 16.0 Å². The lowest BCUT2D eigenvalue weighted by molar-refractivity contribution is -0.144. The first kappa shape index (κ1) is 30.1. The molecule has 12 N–H and O–H groups in total. The van der Waals surface area contributed by atoms with Crippen molar-refractivity contribution in [3.8, 4) is 0 Å². The van der Waals surface area contributed by atoms with Gasteiger partial charge in [0.25, 0.3) is 0 Å². The predicted octanol–water partition coefficient (Wildman–Crippen LogP) is -3.95. The maximum Gasteiger partial charge on any atom is 0.326 e. The first-order chi connectivity index (χ1) is 15.4. The van der Waals surface area contributed by atoms with Crippen LogP contribution >= 0.6 is 12.6 Å². The number of carboxylic acids is 1. The Morgan fingerprint density at radius 3 is 1.76 bits per heavy atom. The number of nitrogens with two attached hydrogens (primary N) is 4. The van der Waals surface area contributed by atoms with Crippen LogP contribution in [0.15, 0.2) is 0 Å². The second-order valence-corrected chi connectivity index (χ2v) is 7.64. The molecule has 0 fully saturated rings. The van der Waals surface area contributed by atoms with E-state index in [4.69, 9.17) is 22.9 Å². The van der Waals surface area contributed by atoms with Crippen LogP contribution < -0.4 is 38.9 Å². The molecule has 0 bridgehead atoms. The highest BCUT2D eigenvalue weighted by Crippen LogP contribution is 2.06. The van der Waals surface area contributed by atoms with Gasteiger partial charge in [-0.1, -0.05) is 0 Å². The normalized spacial score (nSPS) is 14.3. The molecule has 0 aliphatic heterocycles. The van der Waals surface area contributed by atoms with E-state index >= 15 is 0 Å². The van der Waals surface area contributed by atoms with E-state index in [0.717, 1.165) is 0 Å². The molecule has 33 heavy (non-hydrogen) atoms. The van der Waals surface area contributed by atoms with Gasteiger partial charge in [-0.05, 0) is 32.2 Å². The zero-order valence-corrected chi connectivity index (χ0v) is 19.0. The summed E-state index contributed by atoms with van der Waals surface area (Å²) < 4.78 is 0. The fraction of sp³-hybridized carbons (Fsp3) is 0.667. The number of hydrogen-bond acceptors (Lipinski definition) is 9. The predicted molar refractivity (Wildman–Crippen MR) is 120 cm³/mol. The number of carbonyl (C=O) groups excluding carboxylic acids is 5. The van der Waals surface area contributed by atoms with Crippen molar-refractivity contribution in [3.63, 3.8) is 0 Å². The number of carbonyl (C=O) groups is 6. The second-order valence-electron chi connectivity index (χ2n) is 7.27. The van der Waals surface area contributed by atoms with Gasteiger partial charge in [0.15, 0.2) is 0 Å². The molecule has 0 heterocycles. The quantitative estimate of drug-likeness (QED) is 0.0708. The summed E-state index contributed by atoms with van der Waals surface area (Å²) in [6, 6.07) is -5.08. The standard InChI is InChI=1S/C18H33N7O7S/c19-6-2-1-3-10(23-15(28)9(20)8-33)16(29)24-11(4-5-13(21)26)17(30)25-12(18(31)32)7-14(22)27/h9-12,33H,1-8,19-20H2,(H2,21,26)(H2,22,27)(H,23,28)(H,24,29)(H,25,30)(H,31,32). The molecule has 0 aromatic carbocycles. The molecule has 4 unspecified atom stereocenters. The topological polar surface area (TPSA) is 263 Å². The minimum Gasteiger partial charge on any atom is -0.480 e. The molecule has 0 rings (SSSR count).